The molecule has 0 saturated carbocycles. The van der Waals surface area contributed by atoms with Crippen molar-refractivity contribution in [3.05, 3.63) is 89.0 Å². The number of furan rings is 1. The summed E-state index contributed by atoms with van der Waals surface area (Å²) in [5, 5.41) is 0.913. The number of hydrogen-bond donors (Lipinski definition) is 0. The fraction of sp³-hybridized carbons (Fsp3) is 0.0909. The second-order valence-corrected chi connectivity index (χ2v) is 6.09. The molecule has 2 aromatic carbocycles. The standard InChI is InChI=1S/C22H15F3O2/c23-22(24,25)27-18-11-6-10-16(13-18)20-14-17-9-4-5-12-19(21(17)26-20)15-7-2-1-3-8-15/h1-3,5-14H,4H2. The molecule has 27 heavy (non-hydrogen) atoms. The Kier molecular flexibility index (Phi) is 4.36. The van der Waals surface area contributed by atoms with Gasteiger partial charge in [0.05, 0.1) is 0 Å². The minimum absolute atomic E-state index is 0.275. The molecule has 1 heterocycles. The molecule has 4 rings (SSSR count). The molecule has 0 amide bonds. The first-order chi connectivity index (χ1) is 13.0. The third kappa shape index (κ3) is 3.82. The summed E-state index contributed by atoms with van der Waals surface area (Å²) in [4.78, 5) is 0. The van der Waals surface area contributed by atoms with Crippen LogP contribution in [0.3, 0.4) is 0 Å². The van der Waals surface area contributed by atoms with Crippen LogP contribution in [-0.4, -0.2) is 6.36 Å². The van der Waals surface area contributed by atoms with E-state index < -0.39 is 6.36 Å². The number of benzene rings is 2. The van der Waals surface area contributed by atoms with Crippen molar-refractivity contribution in [3.8, 4) is 17.1 Å². The van der Waals surface area contributed by atoms with Crippen molar-refractivity contribution in [1.29, 1.82) is 0 Å². The van der Waals surface area contributed by atoms with Crippen molar-refractivity contribution in [2.75, 3.05) is 0 Å². The number of fused-ring (bicyclic) bond motifs is 1. The van der Waals surface area contributed by atoms with Gasteiger partial charge in [0.2, 0.25) is 0 Å². The largest absolute Gasteiger partial charge is 0.573 e. The van der Waals surface area contributed by atoms with Crippen molar-refractivity contribution in [1.82, 2.24) is 0 Å². The zero-order valence-electron chi connectivity index (χ0n) is 14.2. The van der Waals surface area contributed by atoms with Gasteiger partial charge in [-0.25, -0.2) is 0 Å². The zero-order valence-corrected chi connectivity index (χ0v) is 14.2. The van der Waals surface area contributed by atoms with Gasteiger partial charge in [0, 0.05) is 16.4 Å². The topological polar surface area (TPSA) is 22.4 Å². The lowest BCUT2D eigenvalue weighted by molar-refractivity contribution is -0.274. The minimum atomic E-state index is -4.73. The van der Waals surface area contributed by atoms with E-state index in [1.165, 1.54) is 18.2 Å². The Bertz CT molecular complexity index is 1110. The van der Waals surface area contributed by atoms with Gasteiger partial charge in [-0.15, -0.1) is 13.2 Å². The number of allylic oxidation sites excluding steroid dienone is 2. The van der Waals surface area contributed by atoms with Gasteiger partial charge in [-0.3, -0.25) is 0 Å². The number of alkyl halides is 3. The van der Waals surface area contributed by atoms with Crippen LogP contribution in [0, 0.1) is 0 Å². The van der Waals surface area contributed by atoms with Crippen molar-refractivity contribution in [3.63, 3.8) is 0 Å². The SMILES string of the molecule is FC(F)(F)Oc1cccc(-c2cc3c(o2)=C(c2ccccc2)C=CCC=3)c1. The molecule has 0 N–H and O–H groups in total. The van der Waals surface area contributed by atoms with Gasteiger partial charge in [-0.1, -0.05) is 60.7 Å². The molecule has 1 aliphatic carbocycles. The molecule has 0 fully saturated rings. The Morgan fingerprint density at radius 2 is 1.67 bits per heavy atom. The smallest absolute Gasteiger partial charge is 0.455 e. The maximum Gasteiger partial charge on any atom is 0.573 e. The second kappa shape index (κ2) is 6.83. The van der Waals surface area contributed by atoms with E-state index in [1.807, 2.05) is 48.6 Å². The Morgan fingerprint density at radius 1 is 0.889 bits per heavy atom. The molecule has 0 aliphatic heterocycles. The summed E-state index contributed by atoms with van der Waals surface area (Å²) in [6.45, 7) is 0. The van der Waals surface area contributed by atoms with E-state index in [2.05, 4.69) is 10.8 Å². The highest BCUT2D eigenvalue weighted by atomic mass is 19.4. The van der Waals surface area contributed by atoms with Crippen LogP contribution >= 0.6 is 0 Å². The molecule has 1 aromatic heterocycles. The summed E-state index contributed by atoms with van der Waals surface area (Å²) >= 11 is 0. The number of rotatable bonds is 3. The monoisotopic (exact) mass is 368 g/mol. The molecule has 0 atom stereocenters. The summed E-state index contributed by atoms with van der Waals surface area (Å²) < 4.78 is 47.5. The van der Waals surface area contributed by atoms with Crippen molar-refractivity contribution in [2.24, 2.45) is 0 Å². The first-order valence-corrected chi connectivity index (χ1v) is 8.42. The molecule has 3 aromatic rings. The fourth-order valence-corrected chi connectivity index (χ4v) is 3.06. The minimum Gasteiger partial charge on any atom is -0.455 e. The van der Waals surface area contributed by atoms with E-state index in [4.69, 9.17) is 4.42 Å². The molecule has 0 radical (unpaired) electrons. The summed E-state index contributed by atoms with van der Waals surface area (Å²) in [7, 11) is 0. The van der Waals surface area contributed by atoms with Crippen molar-refractivity contribution >= 4 is 11.6 Å². The first kappa shape index (κ1) is 17.2. The molecular formula is C22H15F3O2. The third-order valence-corrected chi connectivity index (χ3v) is 4.20. The molecule has 2 nitrogen and oxygen atoms in total. The molecular weight excluding hydrogens is 353 g/mol. The van der Waals surface area contributed by atoms with Gasteiger partial charge in [-0.2, -0.15) is 0 Å². The van der Waals surface area contributed by atoms with E-state index >= 15 is 0 Å². The van der Waals surface area contributed by atoms with Crippen LogP contribution in [0.25, 0.3) is 23.0 Å². The Labute approximate surface area is 153 Å². The van der Waals surface area contributed by atoms with Gasteiger partial charge >= 0.3 is 6.36 Å². The van der Waals surface area contributed by atoms with Gasteiger partial charge in [0.15, 0.2) is 0 Å². The van der Waals surface area contributed by atoms with Crippen LogP contribution in [0.2, 0.25) is 0 Å². The van der Waals surface area contributed by atoms with Crippen molar-refractivity contribution in [2.45, 2.75) is 12.8 Å². The van der Waals surface area contributed by atoms with Crippen LogP contribution in [0.15, 0.2) is 77.2 Å². The molecule has 0 bridgehead atoms. The number of hydrogen-bond acceptors (Lipinski definition) is 2. The van der Waals surface area contributed by atoms with Gasteiger partial charge < -0.3 is 9.15 Å². The average molecular weight is 368 g/mol. The van der Waals surface area contributed by atoms with E-state index in [1.54, 1.807) is 6.07 Å². The Balaban J connectivity index is 1.84. The van der Waals surface area contributed by atoms with Gasteiger partial charge in [0.25, 0.3) is 0 Å². The van der Waals surface area contributed by atoms with Crippen LogP contribution in [0.5, 0.6) is 5.75 Å². The molecule has 0 unspecified atom stereocenters. The second-order valence-electron chi connectivity index (χ2n) is 6.09. The van der Waals surface area contributed by atoms with Gasteiger partial charge in [-0.05, 0) is 30.2 Å². The maximum absolute atomic E-state index is 12.5. The maximum atomic E-state index is 12.5. The first-order valence-electron chi connectivity index (χ1n) is 8.42. The normalized spacial score (nSPS) is 13.7. The summed E-state index contributed by atoms with van der Waals surface area (Å²) in [5.74, 6) is 0.218. The third-order valence-electron chi connectivity index (χ3n) is 4.20. The molecule has 0 spiro atoms. The lowest BCUT2D eigenvalue weighted by Gasteiger charge is -2.09. The van der Waals surface area contributed by atoms with Crippen LogP contribution in [0.4, 0.5) is 13.2 Å². The van der Waals surface area contributed by atoms with Crippen LogP contribution < -0.4 is 15.4 Å². The summed E-state index contributed by atoms with van der Waals surface area (Å²) in [6, 6.07) is 17.5. The van der Waals surface area contributed by atoms with E-state index in [9.17, 15) is 13.2 Å². The highest BCUT2D eigenvalue weighted by Gasteiger charge is 2.31. The molecule has 136 valence electrons. The zero-order chi connectivity index (χ0) is 18.9. The van der Waals surface area contributed by atoms with E-state index in [0.717, 1.165) is 22.8 Å². The molecule has 0 saturated heterocycles. The van der Waals surface area contributed by atoms with Crippen molar-refractivity contribution < 1.29 is 22.3 Å². The lowest BCUT2D eigenvalue weighted by Crippen LogP contribution is -2.21. The molecule has 5 heteroatoms. The van der Waals surface area contributed by atoms with E-state index in [-0.39, 0.29) is 5.75 Å². The predicted molar refractivity (Wildman–Crippen MR) is 97.3 cm³/mol. The highest BCUT2D eigenvalue weighted by Crippen LogP contribution is 2.27. The number of halogens is 3. The Hall–Kier alpha value is -3.21. The lowest BCUT2D eigenvalue weighted by atomic mass is 10.1. The van der Waals surface area contributed by atoms with Crippen LogP contribution in [-0.2, 0) is 0 Å². The highest BCUT2D eigenvalue weighted by molar-refractivity contribution is 5.74. The molecule has 1 aliphatic rings. The summed E-state index contributed by atoms with van der Waals surface area (Å²) in [6.07, 6.45) is 2.11. The van der Waals surface area contributed by atoms with Gasteiger partial charge in [0.1, 0.15) is 16.9 Å². The van der Waals surface area contributed by atoms with Crippen LogP contribution in [0.1, 0.15) is 12.0 Å². The van der Waals surface area contributed by atoms with E-state index in [0.29, 0.717) is 16.7 Å². The Morgan fingerprint density at radius 3 is 2.44 bits per heavy atom. The summed E-state index contributed by atoms with van der Waals surface area (Å²) in [5.41, 5.74) is 3.18. The fourth-order valence-electron chi connectivity index (χ4n) is 3.06. The predicted octanol–water partition coefficient (Wildman–Crippen LogP) is 4.78. The quantitative estimate of drug-likeness (QED) is 0.664. The average Bonchev–Trinajstić information content (AvgIpc) is 2.95. The number of ether oxygens (including phenoxy) is 1.